The average Bonchev–Trinajstić information content (AvgIpc) is 2.46. The van der Waals surface area contributed by atoms with Gasteiger partial charge in [-0.15, -0.1) is 0 Å². The van der Waals surface area contributed by atoms with Crippen molar-refractivity contribution in [2.45, 2.75) is 19.9 Å². The summed E-state index contributed by atoms with van der Waals surface area (Å²) in [5, 5.41) is 18.7. The van der Waals surface area contributed by atoms with E-state index in [0.29, 0.717) is 12.2 Å². The zero-order valence-corrected chi connectivity index (χ0v) is 12.1. The number of amides is 2. The molecule has 0 aliphatic rings. The van der Waals surface area contributed by atoms with E-state index in [0.717, 1.165) is 0 Å². The molecule has 0 aromatic heterocycles. The second-order valence-corrected chi connectivity index (χ2v) is 4.33. The number of nitro groups is 1. The van der Waals surface area contributed by atoms with Gasteiger partial charge in [-0.2, -0.15) is 0 Å². The number of nitro benzene ring substituents is 1. The molecule has 114 valence electrons. The molecule has 1 atom stereocenters. The molecular weight excluding hydrogens is 276 g/mol. The number of carbonyl (C=O) groups is 2. The Balaban J connectivity index is 2.97. The Morgan fingerprint density at radius 1 is 1.38 bits per heavy atom. The van der Waals surface area contributed by atoms with Gasteiger partial charge in [-0.25, -0.2) is 0 Å². The molecule has 1 rings (SSSR count). The van der Waals surface area contributed by atoms with E-state index in [1.54, 1.807) is 20.9 Å². The van der Waals surface area contributed by atoms with Crippen molar-refractivity contribution in [1.82, 2.24) is 10.6 Å². The number of carbonyl (C=O) groups excluding carboxylic acids is 2. The van der Waals surface area contributed by atoms with Gasteiger partial charge in [-0.05, 0) is 19.9 Å². The fourth-order valence-corrected chi connectivity index (χ4v) is 1.72. The van der Waals surface area contributed by atoms with Crippen LogP contribution in [0.15, 0.2) is 18.2 Å². The number of rotatable bonds is 6. The average molecular weight is 294 g/mol. The minimum Gasteiger partial charge on any atom is -0.387 e. The predicted molar refractivity (Wildman–Crippen MR) is 78.3 cm³/mol. The van der Waals surface area contributed by atoms with E-state index in [1.165, 1.54) is 18.2 Å². The van der Waals surface area contributed by atoms with E-state index in [1.807, 2.05) is 0 Å². The molecular formula is C13H18N4O4. The Morgan fingerprint density at radius 2 is 2.05 bits per heavy atom. The number of anilines is 1. The minimum absolute atomic E-state index is 0.114. The Kier molecular flexibility index (Phi) is 5.65. The molecule has 0 aliphatic heterocycles. The van der Waals surface area contributed by atoms with Gasteiger partial charge in [0.2, 0.25) is 5.91 Å². The van der Waals surface area contributed by atoms with Crippen LogP contribution in [-0.2, 0) is 4.79 Å². The molecule has 8 nitrogen and oxygen atoms in total. The van der Waals surface area contributed by atoms with Crippen molar-refractivity contribution in [3.05, 3.63) is 33.9 Å². The highest BCUT2D eigenvalue weighted by atomic mass is 16.6. The number of likely N-dealkylation sites (N-methyl/N-ethyl adjacent to an activating group) is 1. The van der Waals surface area contributed by atoms with E-state index in [4.69, 9.17) is 0 Å². The monoisotopic (exact) mass is 294 g/mol. The number of non-ortho nitro benzene ring substituents is 1. The molecule has 1 aromatic carbocycles. The van der Waals surface area contributed by atoms with Crippen molar-refractivity contribution >= 4 is 23.2 Å². The van der Waals surface area contributed by atoms with Crippen molar-refractivity contribution in [2.75, 3.05) is 18.9 Å². The molecule has 0 saturated carbocycles. The van der Waals surface area contributed by atoms with Gasteiger partial charge in [-0.3, -0.25) is 19.7 Å². The maximum atomic E-state index is 12.2. The maximum Gasteiger partial charge on any atom is 0.270 e. The van der Waals surface area contributed by atoms with Gasteiger partial charge in [0.25, 0.3) is 11.6 Å². The summed E-state index contributed by atoms with van der Waals surface area (Å²) in [6.07, 6.45) is 0. The molecule has 8 heteroatoms. The molecule has 0 saturated heterocycles. The van der Waals surface area contributed by atoms with E-state index in [-0.39, 0.29) is 17.2 Å². The van der Waals surface area contributed by atoms with Crippen molar-refractivity contribution in [2.24, 2.45) is 0 Å². The molecule has 3 N–H and O–H groups in total. The Hall–Kier alpha value is -2.64. The van der Waals surface area contributed by atoms with Gasteiger partial charge in [0.15, 0.2) is 0 Å². The van der Waals surface area contributed by atoms with Gasteiger partial charge in [-0.1, -0.05) is 0 Å². The Bertz CT molecular complexity index is 559. The molecule has 0 aliphatic carbocycles. The van der Waals surface area contributed by atoms with Gasteiger partial charge >= 0.3 is 0 Å². The highest BCUT2D eigenvalue weighted by molar-refractivity contribution is 6.02. The third kappa shape index (κ3) is 4.16. The molecule has 1 aromatic rings. The highest BCUT2D eigenvalue weighted by Crippen LogP contribution is 2.21. The first-order valence-electron chi connectivity index (χ1n) is 6.45. The maximum absolute atomic E-state index is 12.2. The number of hydrogen-bond acceptors (Lipinski definition) is 5. The predicted octanol–water partition coefficient (Wildman–Crippen LogP) is 0.891. The fraction of sp³-hybridized carbons (Fsp3) is 0.385. The smallest absolute Gasteiger partial charge is 0.270 e. The SMILES string of the molecule is CCNC(=O)C(C)NC(=O)c1cc([N+](=O)[O-])ccc1NC. The molecule has 1 unspecified atom stereocenters. The topological polar surface area (TPSA) is 113 Å². The first-order chi connectivity index (χ1) is 9.90. The summed E-state index contributed by atoms with van der Waals surface area (Å²) in [4.78, 5) is 34.0. The van der Waals surface area contributed by atoms with Crippen LogP contribution in [0.5, 0.6) is 0 Å². The second kappa shape index (κ2) is 7.22. The third-order valence-electron chi connectivity index (χ3n) is 2.82. The quantitative estimate of drug-likeness (QED) is 0.532. The van der Waals surface area contributed by atoms with Crippen LogP contribution in [0.3, 0.4) is 0 Å². The lowest BCUT2D eigenvalue weighted by molar-refractivity contribution is -0.384. The van der Waals surface area contributed by atoms with Crippen LogP contribution >= 0.6 is 0 Å². The summed E-state index contributed by atoms with van der Waals surface area (Å²) in [6.45, 7) is 3.77. The Labute approximate surface area is 122 Å². The number of hydrogen-bond donors (Lipinski definition) is 3. The lowest BCUT2D eigenvalue weighted by Crippen LogP contribution is -2.44. The van der Waals surface area contributed by atoms with Crippen molar-refractivity contribution in [3.63, 3.8) is 0 Å². The minimum atomic E-state index is -0.735. The summed E-state index contributed by atoms with van der Waals surface area (Å²) in [5.41, 5.74) is 0.369. The van der Waals surface area contributed by atoms with Crippen LogP contribution in [0.25, 0.3) is 0 Å². The van der Waals surface area contributed by atoms with Crippen LogP contribution in [0.4, 0.5) is 11.4 Å². The summed E-state index contributed by atoms with van der Waals surface area (Å²) >= 11 is 0. The van der Waals surface area contributed by atoms with Crippen molar-refractivity contribution in [1.29, 1.82) is 0 Å². The number of benzene rings is 1. The molecule has 21 heavy (non-hydrogen) atoms. The van der Waals surface area contributed by atoms with Crippen LogP contribution in [-0.4, -0.2) is 36.4 Å². The van der Waals surface area contributed by atoms with Gasteiger partial charge < -0.3 is 16.0 Å². The number of nitrogens with zero attached hydrogens (tertiary/aromatic N) is 1. The van der Waals surface area contributed by atoms with Crippen LogP contribution in [0.2, 0.25) is 0 Å². The largest absolute Gasteiger partial charge is 0.387 e. The summed E-state index contributed by atoms with van der Waals surface area (Å²) in [7, 11) is 1.60. The lowest BCUT2D eigenvalue weighted by atomic mass is 10.1. The molecule has 2 amide bonds. The van der Waals surface area contributed by atoms with Gasteiger partial charge in [0.1, 0.15) is 6.04 Å². The van der Waals surface area contributed by atoms with Gasteiger partial charge in [0, 0.05) is 31.4 Å². The fourth-order valence-electron chi connectivity index (χ4n) is 1.72. The zero-order valence-electron chi connectivity index (χ0n) is 12.1. The molecule has 0 radical (unpaired) electrons. The van der Waals surface area contributed by atoms with E-state index in [9.17, 15) is 19.7 Å². The molecule has 0 bridgehead atoms. The second-order valence-electron chi connectivity index (χ2n) is 4.33. The third-order valence-corrected chi connectivity index (χ3v) is 2.82. The first kappa shape index (κ1) is 16.4. The normalized spacial score (nSPS) is 11.4. The molecule has 0 heterocycles. The van der Waals surface area contributed by atoms with E-state index < -0.39 is 16.9 Å². The van der Waals surface area contributed by atoms with Gasteiger partial charge in [0.05, 0.1) is 10.5 Å². The molecule has 0 spiro atoms. The highest BCUT2D eigenvalue weighted by Gasteiger charge is 2.20. The first-order valence-corrected chi connectivity index (χ1v) is 6.45. The van der Waals surface area contributed by atoms with E-state index in [2.05, 4.69) is 16.0 Å². The van der Waals surface area contributed by atoms with Crippen LogP contribution in [0.1, 0.15) is 24.2 Å². The van der Waals surface area contributed by atoms with Crippen molar-refractivity contribution in [3.8, 4) is 0 Å². The zero-order chi connectivity index (χ0) is 16.0. The Morgan fingerprint density at radius 3 is 2.57 bits per heavy atom. The summed E-state index contributed by atoms with van der Waals surface area (Å²) in [6, 6.07) is 3.19. The van der Waals surface area contributed by atoms with Crippen LogP contribution < -0.4 is 16.0 Å². The van der Waals surface area contributed by atoms with E-state index >= 15 is 0 Å². The lowest BCUT2D eigenvalue weighted by Gasteiger charge is -2.15. The number of nitrogens with one attached hydrogen (secondary N) is 3. The summed E-state index contributed by atoms with van der Waals surface area (Å²) in [5.74, 6) is -0.871. The molecule has 0 fully saturated rings. The van der Waals surface area contributed by atoms with Crippen molar-refractivity contribution < 1.29 is 14.5 Å². The standard InChI is InChI=1S/C13H18N4O4/c1-4-15-12(18)8(2)16-13(19)10-7-9(17(20)21)5-6-11(10)14-3/h5-8,14H,4H2,1-3H3,(H,15,18)(H,16,19). The van der Waals surface area contributed by atoms with Crippen LogP contribution in [0, 0.1) is 10.1 Å². The summed E-state index contributed by atoms with van der Waals surface area (Å²) < 4.78 is 0.